The van der Waals surface area contributed by atoms with Crippen molar-refractivity contribution in [3.8, 4) is 0 Å². The van der Waals surface area contributed by atoms with Crippen molar-refractivity contribution in [1.29, 1.82) is 0 Å². The Labute approximate surface area is 143 Å². The van der Waals surface area contributed by atoms with E-state index >= 15 is 0 Å². The molecule has 8 heteroatoms. The number of hydrogen-bond acceptors (Lipinski definition) is 5. The summed E-state index contributed by atoms with van der Waals surface area (Å²) in [6, 6.07) is 0. The second-order valence-corrected chi connectivity index (χ2v) is 7.26. The lowest BCUT2D eigenvalue weighted by atomic mass is 10.2. The molecule has 22 heavy (non-hydrogen) atoms. The standard InChI is InChI=1S/C14H20BrClN4O2/c1-14(2,3)22-13(21)20-6-4-5-19(7-8-20)12-10(15)11(16)17-9-18-12/h9H,4-8H2,1-3H3. The minimum absolute atomic E-state index is 0.269. The predicted octanol–water partition coefficient (Wildman–Crippen LogP) is 3.34. The number of nitrogens with zero attached hydrogens (tertiary/aromatic N) is 4. The van der Waals surface area contributed by atoms with Crippen molar-refractivity contribution in [1.82, 2.24) is 14.9 Å². The van der Waals surface area contributed by atoms with Gasteiger partial charge in [0.2, 0.25) is 0 Å². The number of rotatable bonds is 1. The lowest BCUT2D eigenvalue weighted by molar-refractivity contribution is 0.0263. The second-order valence-electron chi connectivity index (χ2n) is 6.11. The van der Waals surface area contributed by atoms with Gasteiger partial charge in [-0.25, -0.2) is 14.8 Å². The fraction of sp³-hybridized carbons (Fsp3) is 0.643. The molecular formula is C14H20BrClN4O2. The molecule has 0 saturated carbocycles. The van der Waals surface area contributed by atoms with Crippen LogP contribution in [0.2, 0.25) is 5.15 Å². The zero-order valence-corrected chi connectivity index (χ0v) is 15.3. The quantitative estimate of drug-likeness (QED) is 0.687. The van der Waals surface area contributed by atoms with Gasteiger partial charge in [-0.05, 0) is 43.1 Å². The van der Waals surface area contributed by atoms with Gasteiger partial charge in [-0.2, -0.15) is 0 Å². The van der Waals surface area contributed by atoms with E-state index in [1.54, 1.807) is 4.90 Å². The maximum absolute atomic E-state index is 12.2. The first-order valence-corrected chi connectivity index (χ1v) is 8.34. The van der Waals surface area contributed by atoms with Crippen molar-refractivity contribution in [2.75, 3.05) is 31.1 Å². The minimum atomic E-state index is -0.480. The van der Waals surface area contributed by atoms with E-state index in [1.165, 1.54) is 6.33 Å². The van der Waals surface area contributed by atoms with Crippen molar-refractivity contribution in [2.24, 2.45) is 0 Å². The zero-order valence-electron chi connectivity index (χ0n) is 13.0. The summed E-state index contributed by atoms with van der Waals surface area (Å²) in [5, 5.41) is 0.387. The predicted molar refractivity (Wildman–Crippen MR) is 89.4 cm³/mol. The number of amides is 1. The van der Waals surface area contributed by atoms with Crippen LogP contribution in [0.5, 0.6) is 0 Å². The molecular weight excluding hydrogens is 372 g/mol. The Morgan fingerprint density at radius 1 is 1.27 bits per heavy atom. The molecule has 1 aromatic rings. The van der Waals surface area contributed by atoms with Crippen molar-refractivity contribution in [3.63, 3.8) is 0 Å². The molecule has 0 bridgehead atoms. The maximum Gasteiger partial charge on any atom is 0.410 e. The Kier molecular flexibility index (Phi) is 5.50. The van der Waals surface area contributed by atoms with Crippen LogP contribution in [0, 0.1) is 0 Å². The highest BCUT2D eigenvalue weighted by Crippen LogP contribution is 2.29. The molecule has 0 atom stereocenters. The molecule has 1 amide bonds. The molecule has 0 spiro atoms. The SMILES string of the molecule is CC(C)(C)OC(=O)N1CCCN(c2ncnc(Cl)c2Br)CC1. The second kappa shape index (κ2) is 7.00. The van der Waals surface area contributed by atoms with Gasteiger partial charge in [0, 0.05) is 26.2 Å². The average molecular weight is 392 g/mol. The van der Waals surface area contributed by atoms with E-state index in [2.05, 4.69) is 30.8 Å². The zero-order chi connectivity index (χ0) is 16.3. The van der Waals surface area contributed by atoms with Gasteiger partial charge in [0.25, 0.3) is 0 Å². The highest BCUT2D eigenvalue weighted by atomic mass is 79.9. The number of hydrogen-bond donors (Lipinski definition) is 0. The van der Waals surface area contributed by atoms with Gasteiger partial charge < -0.3 is 14.5 Å². The molecule has 1 fully saturated rings. The lowest BCUT2D eigenvalue weighted by Gasteiger charge is -2.26. The van der Waals surface area contributed by atoms with E-state index in [0.717, 1.165) is 18.8 Å². The van der Waals surface area contributed by atoms with E-state index in [9.17, 15) is 4.79 Å². The van der Waals surface area contributed by atoms with Crippen LogP contribution in [0.25, 0.3) is 0 Å². The number of carbonyl (C=O) groups is 1. The smallest absolute Gasteiger partial charge is 0.410 e. The van der Waals surface area contributed by atoms with Crippen molar-refractivity contribution >= 4 is 39.4 Å². The summed E-state index contributed by atoms with van der Waals surface area (Å²) in [4.78, 5) is 24.2. The van der Waals surface area contributed by atoms with Gasteiger partial charge in [0.05, 0.1) is 4.47 Å². The van der Waals surface area contributed by atoms with E-state index in [-0.39, 0.29) is 6.09 Å². The van der Waals surface area contributed by atoms with Gasteiger partial charge in [0.1, 0.15) is 22.9 Å². The molecule has 2 rings (SSSR count). The monoisotopic (exact) mass is 390 g/mol. The van der Waals surface area contributed by atoms with E-state index in [4.69, 9.17) is 16.3 Å². The van der Waals surface area contributed by atoms with Gasteiger partial charge in [-0.15, -0.1) is 0 Å². The summed E-state index contributed by atoms with van der Waals surface area (Å²) in [6.45, 7) is 8.33. The highest BCUT2D eigenvalue weighted by Gasteiger charge is 2.25. The van der Waals surface area contributed by atoms with Crippen LogP contribution in [0.15, 0.2) is 10.8 Å². The first kappa shape index (κ1) is 17.3. The van der Waals surface area contributed by atoms with Gasteiger partial charge in [0.15, 0.2) is 0 Å². The Hall–Kier alpha value is -1.08. The first-order chi connectivity index (χ1) is 10.3. The third-order valence-corrected chi connectivity index (χ3v) is 4.42. The van der Waals surface area contributed by atoms with Crippen LogP contribution in [0.4, 0.5) is 10.6 Å². The summed E-state index contributed by atoms with van der Waals surface area (Å²) >= 11 is 9.44. The third-order valence-electron chi connectivity index (χ3n) is 3.18. The number of ether oxygens (including phenoxy) is 1. The lowest BCUT2D eigenvalue weighted by Crippen LogP contribution is -2.39. The molecule has 6 nitrogen and oxygen atoms in total. The number of halogens is 2. The summed E-state index contributed by atoms with van der Waals surface area (Å²) in [6.07, 6.45) is 2.01. The minimum Gasteiger partial charge on any atom is -0.444 e. The topological polar surface area (TPSA) is 58.6 Å². The molecule has 2 heterocycles. The van der Waals surface area contributed by atoms with Gasteiger partial charge >= 0.3 is 6.09 Å². The van der Waals surface area contributed by atoms with Crippen LogP contribution >= 0.6 is 27.5 Å². The largest absolute Gasteiger partial charge is 0.444 e. The van der Waals surface area contributed by atoms with E-state index in [1.807, 2.05) is 20.8 Å². The van der Waals surface area contributed by atoms with Gasteiger partial charge in [-0.3, -0.25) is 0 Å². The Morgan fingerprint density at radius 3 is 2.68 bits per heavy atom. The fourth-order valence-electron chi connectivity index (χ4n) is 2.20. The van der Waals surface area contributed by atoms with Crippen molar-refractivity contribution < 1.29 is 9.53 Å². The van der Waals surface area contributed by atoms with Crippen molar-refractivity contribution in [2.45, 2.75) is 32.8 Å². The molecule has 122 valence electrons. The normalized spacial score (nSPS) is 16.4. The molecule has 0 aromatic carbocycles. The Morgan fingerprint density at radius 2 is 2.00 bits per heavy atom. The summed E-state index contributed by atoms with van der Waals surface area (Å²) in [5.41, 5.74) is -0.480. The van der Waals surface area contributed by atoms with E-state index < -0.39 is 5.60 Å². The van der Waals surface area contributed by atoms with Crippen molar-refractivity contribution in [3.05, 3.63) is 16.0 Å². The molecule has 0 aliphatic carbocycles. The van der Waals surface area contributed by atoms with Crippen LogP contribution in [0.1, 0.15) is 27.2 Å². The first-order valence-electron chi connectivity index (χ1n) is 7.17. The molecule has 1 aliphatic rings. The van der Waals surface area contributed by atoms with Gasteiger partial charge in [-0.1, -0.05) is 11.6 Å². The molecule has 1 aliphatic heterocycles. The molecule has 0 radical (unpaired) electrons. The highest BCUT2D eigenvalue weighted by molar-refractivity contribution is 9.10. The summed E-state index contributed by atoms with van der Waals surface area (Å²) < 4.78 is 6.11. The molecule has 0 N–H and O–H groups in total. The van der Waals surface area contributed by atoms with Crippen LogP contribution < -0.4 is 4.90 Å². The van der Waals surface area contributed by atoms with Crippen LogP contribution in [0.3, 0.4) is 0 Å². The maximum atomic E-state index is 12.2. The molecule has 1 saturated heterocycles. The average Bonchev–Trinajstić information content (AvgIpc) is 2.66. The number of aromatic nitrogens is 2. The van der Waals surface area contributed by atoms with E-state index in [0.29, 0.717) is 29.3 Å². The fourth-order valence-corrected chi connectivity index (χ4v) is 2.78. The molecule has 0 unspecified atom stereocenters. The summed E-state index contributed by atoms with van der Waals surface area (Å²) in [7, 11) is 0. The van der Waals surface area contributed by atoms with Crippen LogP contribution in [-0.2, 0) is 4.74 Å². The van der Waals surface area contributed by atoms with Crippen LogP contribution in [-0.4, -0.2) is 52.7 Å². The Balaban J connectivity index is 2.04. The summed E-state index contributed by atoms with van der Waals surface area (Å²) in [5.74, 6) is 0.756. The number of anilines is 1. The Bertz CT molecular complexity index is 550. The number of carbonyl (C=O) groups excluding carboxylic acids is 1. The molecule has 1 aromatic heterocycles. The third kappa shape index (κ3) is 4.46.